The molecule has 0 bridgehead atoms. The minimum Gasteiger partial charge on any atom is -0.497 e. The van der Waals surface area contributed by atoms with E-state index in [1.165, 1.54) is 20.4 Å². The molecule has 2 N–H and O–H groups in total. The predicted molar refractivity (Wildman–Crippen MR) is 129 cm³/mol. The summed E-state index contributed by atoms with van der Waals surface area (Å²) in [6, 6.07) is 12.1. The summed E-state index contributed by atoms with van der Waals surface area (Å²) in [5.74, 6) is -0.952. The second kappa shape index (κ2) is 10.4. The molecule has 2 amide bonds. The van der Waals surface area contributed by atoms with Crippen molar-refractivity contribution >= 4 is 46.9 Å². The van der Waals surface area contributed by atoms with Crippen molar-refractivity contribution in [1.29, 1.82) is 0 Å². The van der Waals surface area contributed by atoms with Crippen LogP contribution in [0, 0.1) is 13.8 Å². The van der Waals surface area contributed by atoms with Crippen LogP contribution in [0.15, 0.2) is 47.6 Å². The summed E-state index contributed by atoms with van der Waals surface area (Å²) in [4.78, 5) is 24.5. The van der Waals surface area contributed by atoms with Crippen molar-refractivity contribution in [1.82, 2.24) is 9.99 Å². The van der Waals surface area contributed by atoms with Crippen molar-refractivity contribution in [2.24, 2.45) is 5.10 Å². The molecule has 0 aliphatic carbocycles. The molecule has 10 heteroatoms. The standard InChI is InChI=1S/C23H22Cl2N4O4/c1-13-9-15(14(2)29(13)16-5-7-18(24)19(25)10-16)12-26-28-23(31)22(30)27-20-11-17(32-3)6-8-21(20)33-4/h5-12H,1-4H3,(H,27,30)(H,28,31)/b26-12-. The number of halogens is 2. The van der Waals surface area contributed by atoms with E-state index in [0.29, 0.717) is 27.2 Å². The van der Waals surface area contributed by atoms with Crippen molar-refractivity contribution in [3.05, 3.63) is 69.5 Å². The Labute approximate surface area is 201 Å². The molecule has 33 heavy (non-hydrogen) atoms. The monoisotopic (exact) mass is 488 g/mol. The van der Waals surface area contributed by atoms with E-state index in [0.717, 1.165) is 22.6 Å². The Hall–Kier alpha value is -3.49. The summed E-state index contributed by atoms with van der Waals surface area (Å²) in [5, 5.41) is 7.32. The Bertz CT molecular complexity index is 1240. The molecule has 0 saturated heterocycles. The molecule has 0 spiro atoms. The lowest BCUT2D eigenvalue weighted by Gasteiger charge is -2.11. The van der Waals surface area contributed by atoms with Crippen LogP contribution < -0.4 is 20.2 Å². The third-order valence-corrected chi connectivity index (χ3v) is 5.60. The number of ether oxygens (including phenoxy) is 2. The maximum absolute atomic E-state index is 12.3. The Morgan fingerprint density at radius 1 is 0.970 bits per heavy atom. The van der Waals surface area contributed by atoms with Crippen LogP contribution in [0.1, 0.15) is 17.0 Å². The van der Waals surface area contributed by atoms with Gasteiger partial charge in [0.05, 0.1) is 36.2 Å². The van der Waals surface area contributed by atoms with E-state index in [4.69, 9.17) is 32.7 Å². The molecular formula is C23H22Cl2N4O4. The Kier molecular flexibility index (Phi) is 7.63. The van der Waals surface area contributed by atoms with Gasteiger partial charge in [0.2, 0.25) is 0 Å². The van der Waals surface area contributed by atoms with E-state index >= 15 is 0 Å². The fourth-order valence-corrected chi connectivity index (χ4v) is 3.53. The van der Waals surface area contributed by atoms with Crippen molar-refractivity contribution in [2.45, 2.75) is 13.8 Å². The number of carbonyl (C=O) groups is 2. The fraction of sp³-hybridized carbons (Fsp3) is 0.174. The van der Waals surface area contributed by atoms with Gasteiger partial charge in [0, 0.05) is 28.7 Å². The van der Waals surface area contributed by atoms with E-state index in [9.17, 15) is 9.59 Å². The molecule has 0 fully saturated rings. The minimum atomic E-state index is -0.936. The summed E-state index contributed by atoms with van der Waals surface area (Å²) in [5.41, 5.74) is 5.93. The Balaban J connectivity index is 1.71. The van der Waals surface area contributed by atoms with Gasteiger partial charge in [-0.25, -0.2) is 5.43 Å². The van der Waals surface area contributed by atoms with Gasteiger partial charge in [0.1, 0.15) is 11.5 Å². The van der Waals surface area contributed by atoms with Crippen molar-refractivity contribution < 1.29 is 19.1 Å². The van der Waals surface area contributed by atoms with Crippen LogP contribution in [0.5, 0.6) is 11.5 Å². The third-order valence-electron chi connectivity index (χ3n) is 4.86. The number of hydrazone groups is 1. The molecule has 0 aliphatic rings. The molecule has 0 atom stereocenters. The number of nitrogens with zero attached hydrogens (tertiary/aromatic N) is 2. The number of carbonyl (C=O) groups excluding carboxylic acids is 2. The van der Waals surface area contributed by atoms with Gasteiger partial charge in [-0.3, -0.25) is 9.59 Å². The van der Waals surface area contributed by atoms with Crippen molar-refractivity contribution in [2.75, 3.05) is 19.5 Å². The molecule has 0 unspecified atom stereocenters. The SMILES string of the molecule is COc1ccc(OC)c(NC(=O)C(=O)N/N=C\c2cc(C)n(-c3ccc(Cl)c(Cl)c3)c2C)c1. The zero-order valence-corrected chi connectivity index (χ0v) is 19.9. The second-order valence-electron chi connectivity index (χ2n) is 6.98. The number of methoxy groups -OCH3 is 2. The number of anilines is 1. The predicted octanol–water partition coefficient (Wildman–Crippen LogP) is 4.51. The highest BCUT2D eigenvalue weighted by Gasteiger charge is 2.16. The smallest absolute Gasteiger partial charge is 0.329 e. The number of rotatable bonds is 6. The number of hydrogen-bond acceptors (Lipinski definition) is 5. The normalized spacial score (nSPS) is 10.8. The molecule has 1 aromatic heterocycles. The van der Waals surface area contributed by atoms with Gasteiger partial charge in [-0.1, -0.05) is 23.2 Å². The highest BCUT2D eigenvalue weighted by atomic mass is 35.5. The van der Waals surface area contributed by atoms with E-state index in [-0.39, 0.29) is 0 Å². The highest BCUT2D eigenvalue weighted by Crippen LogP contribution is 2.29. The van der Waals surface area contributed by atoms with E-state index in [1.807, 2.05) is 30.5 Å². The maximum Gasteiger partial charge on any atom is 0.329 e. The van der Waals surface area contributed by atoms with Crippen LogP contribution in [-0.4, -0.2) is 36.8 Å². The van der Waals surface area contributed by atoms with Crippen LogP contribution in [0.4, 0.5) is 5.69 Å². The summed E-state index contributed by atoms with van der Waals surface area (Å²) in [6.07, 6.45) is 1.47. The number of nitrogens with one attached hydrogen (secondary N) is 2. The summed E-state index contributed by atoms with van der Waals surface area (Å²) >= 11 is 12.2. The molecule has 172 valence electrons. The lowest BCUT2D eigenvalue weighted by atomic mass is 10.2. The Morgan fingerprint density at radius 3 is 2.39 bits per heavy atom. The zero-order chi connectivity index (χ0) is 24.1. The van der Waals surface area contributed by atoms with Crippen LogP contribution in [0.25, 0.3) is 5.69 Å². The Morgan fingerprint density at radius 2 is 1.73 bits per heavy atom. The maximum atomic E-state index is 12.3. The summed E-state index contributed by atoms with van der Waals surface area (Å²) in [7, 11) is 2.95. The van der Waals surface area contributed by atoms with Gasteiger partial charge in [-0.15, -0.1) is 0 Å². The first-order chi connectivity index (χ1) is 15.7. The lowest BCUT2D eigenvalue weighted by molar-refractivity contribution is -0.136. The zero-order valence-electron chi connectivity index (χ0n) is 18.4. The minimum absolute atomic E-state index is 0.297. The molecule has 1 heterocycles. The lowest BCUT2D eigenvalue weighted by Crippen LogP contribution is -2.32. The van der Waals surface area contributed by atoms with E-state index in [1.54, 1.807) is 30.3 Å². The van der Waals surface area contributed by atoms with Gasteiger partial charge >= 0.3 is 11.8 Å². The number of benzene rings is 2. The topological polar surface area (TPSA) is 93.9 Å². The first-order valence-corrected chi connectivity index (χ1v) is 10.5. The highest BCUT2D eigenvalue weighted by molar-refractivity contribution is 6.42. The van der Waals surface area contributed by atoms with Crippen molar-refractivity contribution in [3.8, 4) is 17.2 Å². The van der Waals surface area contributed by atoms with Crippen molar-refractivity contribution in [3.63, 3.8) is 0 Å². The van der Waals surface area contributed by atoms with Gasteiger partial charge in [0.15, 0.2) is 0 Å². The third kappa shape index (κ3) is 5.47. The van der Waals surface area contributed by atoms with E-state index < -0.39 is 11.8 Å². The average Bonchev–Trinajstić information content (AvgIpc) is 3.08. The largest absolute Gasteiger partial charge is 0.497 e. The molecule has 3 rings (SSSR count). The summed E-state index contributed by atoms with van der Waals surface area (Å²) < 4.78 is 12.3. The fourth-order valence-electron chi connectivity index (χ4n) is 3.24. The molecule has 0 radical (unpaired) electrons. The van der Waals surface area contributed by atoms with Gasteiger partial charge in [-0.05, 0) is 50.2 Å². The first kappa shape index (κ1) is 24.2. The van der Waals surface area contributed by atoms with Gasteiger partial charge < -0.3 is 19.4 Å². The molecule has 8 nitrogen and oxygen atoms in total. The molecule has 3 aromatic rings. The van der Waals surface area contributed by atoms with Gasteiger partial charge in [-0.2, -0.15) is 5.10 Å². The summed E-state index contributed by atoms with van der Waals surface area (Å²) in [6.45, 7) is 3.83. The first-order valence-electron chi connectivity index (χ1n) is 9.76. The van der Waals surface area contributed by atoms with Gasteiger partial charge in [0.25, 0.3) is 0 Å². The second-order valence-corrected chi connectivity index (χ2v) is 7.79. The number of aryl methyl sites for hydroxylation is 1. The molecule has 0 saturated carbocycles. The average molecular weight is 489 g/mol. The molecule has 2 aromatic carbocycles. The molecule has 0 aliphatic heterocycles. The van der Waals surface area contributed by atoms with Crippen LogP contribution in [-0.2, 0) is 9.59 Å². The van der Waals surface area contributed by atoms with Crippen LogP contribution in [0.2, 0.25) is 10.0 Å². The molecular weight excluding hydrogens is 467 g/mol. The quantitative estimate of drug-likeness (QED) is 0.303. The van der Waals surface area contributed by atoms with E-state index in [2.05, 4.69) is 15.8 Å². The number of aromatic nitrogens is 1. The van der Waals surface area contributed by atoms with Crippen LogP contribution in [0.3, 0.4) is 0 Å². The number of hydrogen-bond donors (Lipinski definition) is 2. The number of amides is 2. The van der Waals surface area contributed by atoms with Crippen LogP contribution >= 0.6 is 23.2 Å².